The number of rotatable bonds is 7. The van der Waals surface area contributed by atoms with Gasteiger partial charge in [-0.3, -0.25) is 0 Å². The van der Waals surface area contributed by atoms with E-state index in [0.717, 1.165) is 12.2 Å². The number of nitrogens with zero attached hydrogens (tertiary/aromatic N) is 2. The van der Waals surface area contributed by atoms with Gasteiger partial charge in [0.2, 0.25) is 11.8 Å². The van der Waals surface area contributed by atoms with Crippen LogP contribution in [-0.4, -0.2) is 17.1 Å². The van der Waals surface area contributed by atoms with E-state index in [9.17, 15) is 0 Å². The third-order valence-corrected chi connectivity index (χ3v) is 3.40. The Labute approximate surface area is 132 Å². The molecule has 0 spiro atoms. The first-order valence-electron chi connectivity index (χ1n) is 7.79. The van der Waals surface area contributed by atoms with Gasteiger partial charge in [0, 0.05) is 0 Å². The molecular weight excluding hydrogens is 276 g/mol. The number of hydrogen-bond donors (Lipinski definition) is 0. The zero-order valence-corrected chi connectivity index (χ0v) is 13.8. The van der Waals surface area contributed by atoms with Crippen LogP contribution < -0.4 is 9.47 Å². The minimum atomic E-state index is 0.509. The van der Waals surface area contributed by atoms with Crippen LogP contribution in [0, 0.1) is 13.8 Å². The lowest BCUT2D eigenvalue weighted by molar-refractivity contribution is 0.386. The average Bonchev–Trinajstić information content (AvgIpc) is 2.46. The van der Waals surface area contributed by atoms with Gasteiger partial charge in [0.1, 0.15) is 11.6 Å². The molecule has 0 aliphatic heterocycles. The van der Waals surface area contributed by atoms with E-state index >= 15 is 0 Å². The molecule has 2 rings (SSSR count). The molecule has 0 unspecified atom stereocenters. The summed E-state index contributed by atoms with van der Waals surface area (Å²) in [6, 6.07) is 8.03. The summed E-state index contributed by atoms with van der Waals surface area (Å²) < 4.78 is 11.1. The highest BCUT2D eigenvalue weighted by Crippen LogP contribution is 2.25. The van der Waals surface area contributed by atoms with Crippen molar-refractivity contribution < 1.29 is 9.47 Å². The van der Waals surface area contributed by atoms with Crippen molar-refractivity contribution in [2.75, 3.05) is 7.11 Å². The van der Waals surface area contributed by atoms with E-state index in [-0.39, 0.29) is 0 Å². The standard InChI is InChI=1S/C18H24N2O2/c1-5-6-7-8-15-9-13(2)10-16(11-15)22-18-12-17(21-4)19-14(3)20-18/h9-12H,5-8H2,1-4H3. The zero-order valence-electron chi connectivity index (χ0n) is 13.8. The van der Waals surface area contributed by atoms with Crippen LogP contribution in [-0.2, 0) is 6.42 Å². The molecule has 0 saturated heterocycles. The zero-order chi connectivity index (χ0) is 15.9. The second-order valence-corrected chi connectivity index (χ2v) is 5.51. The van der Waals surface area contributed by atoms with Gasteiger partial charge >= 0.3 is 0 Å². The summed E-state index contributed by atoms with van der Waals surface area (Å²) in [6.07, 6.45) is 4.78. The van der Waals surface area contributed by atoms with E-state index in [0.29, 0.717) is 17.6 Å². The average molecular weight is 300 g/mol. The second-order valence-electron chi connectivity index (χ2n) is 5.51. The Kier molecular flexibility index (Phi) is 5.75. The SMILES string of the molecule is CCCCCc1cc(C)cc(Oc2cc(OC)nc(C)n2)c1. The van der Waals surface area contributed by atoms with E-state index < -0.39 is 0 Å². The van der Waals surface area contributed by atoms with Crippen molar-refractivity contribution in [1.82, 2.24) is 9.97 Å². The monoisotopic (exact) mass is 300 g/mol. The summed E-state index contributed by atoms with van der Waals surface area (Å²) in [6.45, 7) is 6.12. The molecule has 4 nitrogen and oxygen atoms in total. The maximum Gasteiger partial charge on any atom is 0.226 e. The molecule has 0 bridgehead atoms. The lowest BCUT2D eigenvalue weighted by atomic mass is 10.0. The van der Waals surface area contributed by atoms with E-state index in [2.05, 4.69) is 35.9 Å². The fourth-order valence-electron chi connectivity index (χ4n) is 2.40. The van der Waals surface area contributed by atoms with Crippen LogP contribution in [0.25, 0.3) is 0 Å². The van der Waals surface area contributed by atoms with Crippen molar-refractivity contribution in [3.63, 3.8) is 0 Å². The van der Waals surface area contributed by atoms with Crippen LogP contribution in [0.5, 0.6) is 17.5 Å². The highest BCUT2D eigenvalue weighted by Gasteiger charge is 2.06. The molecular formula is C18H24N2O2. The van der Waals surface area contributed by atoms with Crippen LogP contribution in [0.2, 0.25) is 0 Å². The minimum absolute atomic E-state index is 0.509. The molecule has 1 aromatic carbocycles. The molecule has 118 valence electrons. The van der Waals surface area contributed by atoms with Gasteiger partial charge in [-0.1, -0.05) is 25.8 Å². The fourth-order valence-corrected chi connectivity index (χ4v) is 2.40. The van der Waals surface area contributed by atoms with E-state index in [1.165, 1.54) is 30.4 Å². The Morgan fingerprint density at radius 3 is 2.45 bits per heavy atom. The van der Waals surface area contributed by atoms with Crippen molar-refractivity contribution in [3.8, 4) is 17.5 Å². The lowest BCUT2D eigenvalue weighted by Gasteiger charge is -2.10. The van der Waals surface area contributed by atoms with Gasteiger partial charge in [0.15, 0.2) is 0 Å². The Morgan fingerprint density at radius 1 is 0.955 bits per heavy atom. The molecule has 0 fully saturated rings. The number of aryl methyl sites for hydroxylation is 3. The van der Waals surface area contributed by atoms with Crippen LogP contribution in [0.4, 0.5) is 0 Å². The molecule has 4 heteroatoms. The molecule has 0 N–H and O–H groups in total. The Balaban J connectivity index is 2.16. The number of methoxy groups -OCH3 is 1. The minimum Gasteiger partial charge on any atom is -0.481 e. The maximum absolute atomic E-state index is 5.90. The van der Waals surface area contributed by atoms with Gasteiger partial charge in [-0.05, 0) is 49.9 Å². The number of hydrogen-bond acceptors (Lipinski definition) is 4. The molecule has 0 atom stereocenters. The molecule has 2 aromatic rings. The molecule has 0 radical (unpaired) electrons. The van der Waals surface area contributed by atoms with Crippen molar-refractivity contribution in [3.05, 3.63) is 41.2 Å². The maximum atomic E-state index is 5.90. The number of benzene rings is 1. The summed E-state index contributed by atoms with van der Waals surface area (Å²) in [5, 5.41) is 0. The highest BCUT2D eigenvalue weighted by molar-refractivity contribution is 5.36. The van der Waals surface area contributed by atoms with Gasteiger partial charge < -0.3 is 9.47 Å². The summed E-state index contributed by atoms with van der Waals surface area (Å²) >= 11 is 0. The topological polar surface area (TPSA) is 44.2 Å². The van der Waals surface area contributed by atoms with E-state index in [1.807, 2.05) is 13.0 Å². The molecule has 1 heterocycles. The van der Waals surface area contributed by atoms with Gasteiger partial charge in [-0.2, -0.15) is 9.97 Å². The predicted octanol–water partition coefficient (Wildman–Crippen LogP) is 4.63. The summed E-state index contributed by atoms with van der Waals surface area (Å²) in [5.74, 6) is 2.46. The third kappa shape index (κ3) is 4.72. The first kappa shape index (κ1) is 16.3. The van der Waals surface area contributed by atoms with E-state index in [1.54, 1.807) is 13.2 Å². The molecule has 1 aromatic heterocycles. The third-order valence-electron chi connectivity index (χ3n) is 3.40. The van der Waals surface area contributed by atoms with Gasteiger partial charge in [0.05, 0.1) is 13.2 Å². The van der Waals surface area contributed by atoms with Crippen LogP contribution in [0.15, 0.2) is 24.3 Å². The molecule has 0 amide bonds. The van der Waals surface area contributed by atoms with Crippen LogP contribution in [0.1, 0.15) is 43.1 Å². The summed E-state index contributed by atoms with van der Waals surface area (Å²) in [4.78, 5) is 8.46. The molecule has 0 aliphatic carbocycles. The summed E-state index contributed by atoms with van der Waals surface area (Å²) in [7, 11) is 1.59. The first-order chi connectivity index (χ1) is 10.6. The smallest absolute Gasteiger partial charge is 0.226 e. The van der Waals surface area contributed by atoms with Crippen molar-refractivity contribution in [1.29, 1.82) is 0 Å². The van der Waals surface area contributed by atoms with Crippen molar-refractivity contribution in [2.24, 2.45) is 0 Å². The second kappa shape index (κ2) is 7.78. The van der Waals surface area contributed by atoms with Gasteiger partial charge in [0.25, 0.3) is 0 Å². The normalized spacial score (nSPS) is 10.5. The molecule has 22 heavy (non-hydrogen) atoms. The van der Waals surface area contributed by atoms with Gasteiger partial charge in [-0.25, -0.2) is 0 Å². The quantitative estimate of drug-likeness (QED) is 0.699. The summed E-state index contributed by atoms with van der Waals surface area (Å²) in [5.41, 5.74) is 2.50. The highest BCUT2D eigenvalue weighted by atomic mass is 16.5. The Bertz CT molecular complexity index is 626. The van der Waals surface area contributed by atoms with Crippen molar-refractivity contribution >= 4 is 0 Å². The first-order valence-corrected chi connectivity index (χ1v) is 7.79. The Morgan fingerprint density at radius 2 is 1.73 bits per heavy atom. The van der Waals surface area contributed by atoms with Crippen LogP contribution >= 0.6 is 0 Å². The molecule has 0 aliphatic rings. The number of unbranched alkanes of at least 4 members (excludes halogenated alkanes) is 2. The predicted molar refractivity (Wildman–Crippen MR) is 87.8 cm³/mol. The fraction of sp³-hybridized carbons (Fsp3) is 0.444. The van der Waals surface area contributed by atoms with Gasteiger partial charge in [-0.15, -0.1) is 0 Å². The van der Waals surface area contributed by atoms with Crippen LogP contribution in [0.3, 0.4) is 0 Å². The lowest BCUT2D eigenvalue weighted by Crippen LogP contribution is -1.97. The molecule has 0 saturated carbocycles. The number of ether oxygens (including phenoxy) is 2. The van der Waals surface area contributed by atoms with Crippen molar-refractivity contribution in [2.45, 2.75) is 46.5 Å². The number of aromatic nitrogens is 2. The van der Waals surface area contributed by atoms with E-state index in [4.69, 9.17) is 9.47 Å². The largest absolute Gasteiger partial charge is 0.481 e. The Hall–Kier alpha value is -2.10.